The molecule has 1 aliphatic heterocycles. The van der Waals surface area contributed by atoms with Crippen molar-refractivity contribution in [2.45, 2.75) is 18.2 Å². The monoisotopic (exact) mass is 362 g/mol. The first-order chi connectivity index (χ1) is 12.0. The quantitative estimate of drug-likeness (QED) is 0.821. The third-order valence-corrected chi connectivity index (χ3v) is 6.70. The number of aryl methyl sites for hydroxylation is 1. The van der Waals surface area contributed by atoms with Crippen molar-refractivity contribution in [3.05, 3.63) is 65.5 Å². The Labute approximate surface area is 148 Å². The summed E-state index contributed by atoms with van der Waals surface area (Å²) in [5, 5.41) is 0. The number of nitrogens with zero attached hydrogens (tertiary/aromatic N) is 2. The summed E-state index contributed by atoms with van der Waals surface area (Å²) in [6.07, 6.45) is 0.955. The summed E-state index contributed by atoms with van der Waals surface area (Å²) in [5.74, 6) is -0.523. The standard InChI is InChI=1S/C19H23FN2O2S/c1-16-7-8-18(20)15-19(16)25(23,24)22-13-11-21(12-14-22)10-9-17-5-3-2-4-6-17/h2-8,15H,9-14H2,1H3. The average molecular weight is 362 g/mol. The third kappa shape index (κ3) is 4.26. The van der Waals surface area contributed by atoms with Crippen LogP contribution >= 0.6 is 0 Å². The molecule has 0 bridgehead atoms. The molecule has 1 aliphatic rings. The zero-order valence-electron chi connectivity index (χ0n) is 14.4. The maximum atomic E-state index is 13.5. The molecule has 0 atom stereocenters. The van der Waals surface area contributed by atoms with Gasteiger partial charge in [-0.2, -0.15) is 4.31 Å². The largest absolute Gasteiger partial charge is 0.300 e. The molecule has 0 unspecified atom stereocenters. The van der Waals surface area contributed by atoms with E-state index in [0.29, 0.717) is 31.7 Å². The van der Waals surface area contributed by atoms with Crippen molar-refractivity contribution in [1.29, 1.82) is 0 Å². The molecule has 4 nitrogen and oxygen atoms in total. The second-order valence-corrected chi connectivity index (χ2v) is 8.30. The van der Waals surface area contributed by atoms with Crippen LogP contribution in [0.5, 0.6) is 0 Å². The minimum Gasteiger partial charge on any atom is -0.300 e. The van der Waals surface area contributed by atoms with Gasteiger partial charge >= 0.3 is 0 Å². The number of sulfonamides is 1. The molecule has 0 N–H and O–H groups in total. The normalized spacial score (nSPS) is 16.9. The molecule has 134 valence electrons. The summed E-state index contributed by atoms with van der Waals surface area (Å²) in [4.78, 5) is 2.35. The van der Waals surface area contributed by atoms with Crippen LogP contribution in [-0.2, 0) is 16.4 Å². The Morgan fingerprint density at radius 3 is 2.36 bits per heavy atom. The summed E-state index contributed by atoms with van der Waals surface area (Å²) in [7, 11) is -3.64. The highest BCUT2D eigenvalue weighted by Crippen LogP contribution is 2.22. The lowest BCUT2D eigenvalue weighted by atomic mass is 10.1. The molecule has 0 amide bonds. The van der Waals surface area contributed by atoms with E-state index in [1.54, 1.807) is 6.92 Å². The number of rotatable bonds is 5. The van der Waals surface area contributed by atoms with Gasteiger partial charge in [0.1, 0.15) is 5.82 Å². The highest BCUT2D eigenvalue weighted by molar-refractivity contribution is 7.89. The lowest BCUT2D eigenvalue weighted by Crippen LogP contribution is -2.49. The van der Waals surface area contributed by atoms with Crippen LogP contribution in [-0.4, -0.2) is 50.3 Å². The van der Waals surface area contributed by atoms with E-state index in [1.807, 2.05) is 18.2 Å². The van der Waals surface area contributed by atoms with Crippen LogP contribution in [0.3, 0.4) is 0 Å². The molecule has 1 heterocycles. The summed E-state index contributed by atoms with van der Waals surface area (Å²) >= 11 is 0. The van der Waals surface area contributed by atoms with Crippen LogP contribution < -0.4 is 0 Å². The topological polar surface area (TPSA) is 40.6 Å². The lowest BCUT2D eigenvalue weighted by molar-refractivity contribution is 0.190. The number of hydrogen-bond donors (Lipinski definition) is 0. The van der Waals surface area contributed by atoms with Gasteiger partial charge in [0.15, 0.2) is 0 Å². The van der Waals surface area contributed by atoms with Crippen molar-refractivity contribution < 1.29 is 12.8 Å². The lowest BCUT2D eigenvalue weighted by Gasteiger charge is -2.34. The first-order valence-corrected chi connectivity index (χ1v) is 9.93. The minimum absolute atomic E-state index is 0.0743. The van der Waals surface area contributed by atoms with Gasteiger partial charge in [-0.15, -0.1) is 0 Å². The maximum Gasteiger partial charge on any atom is 0.243 e. The second kappa shape index (κ2) is 7.64. The molecule has 25 heavy (non-hydrogen) atoms. The molecule has 2 aromatic carbocycles. The summed E-state index contributed by atoms with van der Waals surface area (Å²) < 4.78 is 40.5. The van der Waals surface area contributed by atoms with Crippen LogP contribution in [0.2, 0.25) is 0 Å². The van der Waals surface area contributed by atoms with Crippen molar-refractivity contribution in [2.24, 2.45) is 0 Å². The van der Waals surface area contributed by atoms with Crippen molar-refractivity contribution in [1.82, 2.24) is 9.21 Å². The van der Waals surface area contributed by atoms with Crippen molar-refractivity contribution in [3.63, 3.8) is 0 Å². The predicted molar refractivity (Wildman–Crippen MR) is 96.5 cm³/mol. The van der Waals surface area contributed by atoms with E-state index in [-0.39, 0.29) is 4.90 Å². The zero-order valence-corrected chi connectivity index (χ0v) is 15.2. The predicted octanol–water partition coefficient (Wildman–Crippen LogP) is 2.68. The number of benzene rings is 2. The van der Waals surface area contributed by atoms with Gasteiger partial charge in [0.2, 0.25) is 10.0 Å². The van der Waals surface area contributed by atoms with Gasteiger partial charge in [-0.05, 0) is 36.6 Å². The maximum absolute atomic E-state index is 13.5. The first kappa shape index (κ1) is 18.0. The molecular formula is C19H23FN2O2S. The van der Waals surface area contributed by atoms with E-state index < -0.39 is 15.8 Å². The number of hydrogen-bond acceptors (Lipinski definition) is 3. The van der Waals surface area contributed by atoms with E-state index in [9.17, 15) is 12.8 Å². The fourth-order valence-electron chi connectivity index (χ4n) is 3.12. The third-order valence-electron chi connectivity index (χ3n) is 4.66. The number of halogens is 1. The molecule has 2 aromatic rings. The van der Waals surface area contributed by atoms with E-state index in [4.69, 9.17) is 0 Å². The van der Waals surface area contributed by atoms with Gasteiger partial charge in [0.25, 0.3) is 0 Å². The summed E-state index contributed by atoms with van der Waals surface area (Å²) in [6.45, 7) is 4.88. The first-order valence-electron chi connectivity index (χ1n) is 8.49. The van der Waals surface area contributed by atoms with E-state index in [0.717, 1.165) is 19.0 Å². The molecule has 1 fully saturated rings. The smallest absolute Gasteiger partial charge is 0.243 e. The van der Waals surface area contributed by atoms with E-state index in [1.165, 1.54) is 22.0 Å². The van der Waals surface area contributed by atoms with Gasteiger partial charge in [-0.25, -0.2) is 12.8 Å². The molecule has 0 saturated carbocycles. The van der Waals surface area contributed by atoms with Crippen LogP contribution in [0.15, 0.2) is 53.4 Å². The fourth-order valence-corrected chi connectivity index (χ4v) is 4.77. The van der Waals surface area contributed by atoms with Crippen LogP contribution in [0, 0.1) is 12.7 Å². The highest BCUT2D eigenvalue weighted by Gasteiger charge is 2.29. The Kier molecular flexibility index (Phi) is 5.51. The van der Waals surface area contributed by atoms with Crippen molar-refractivity contribution in [3.8, 4) is 0 Å². The summed E-state index contributed by atoms with van der Waals surface area (Å²) in [6, 6.07) is 14.2. The highest BCUT2D eigenvalue weighted by atomic mass is 32.2. The molecule has 0 aliphatic carbocycles. The SMILES string of the molecule is Cc1ccc(F)cc1S(=O)(=O)N1CCN(CCc2ccccc2)CC1. The summed E-state index contributed by atoms with van der Waals surface area (Å²) in [5.41, 5.74) is 1.86. The van der Waals surface area contributed by atoms with E-state index in [2.05, 4.69) is 17.0 Å². The Morgan fingerprint density at radius 2 is 1.68 bits per heavy atom. The van der Waals surface area contributed by atoms with Gasteiger partial charge in [-0.3, -0.25) is 0 Å². The van der Waals surface area contributed by atoms with Crippen molar-refractivity contribution in [2.75, 3.05) is 32.7 Å². The Morgan fingerprint density at radius 1 is 1.00 bits per heavy atom. The molecule has 0 aromatic heterocycles. The van der Waals surface area contributed by atoms with Gasteiger partial charge < -0.3 is 4.90 Å². The Bertz CT molecular complexity index is 817. The molecule has 1 saturated heterocycles. The molecule has 3 rings (SSSR count). The molecule has 0 spiro atoms. The van der Waals surface area contributed by atoms with Gasteiger partial charge in [-0.1, -0.05) is 36.4 Å². The second-order valence-electron chi connectivity index (χ2n) is 6.39. The molecule has 6 heteroatoms. The average Bonchev–Trinajstić information content (AvgIpc) is 2.63. The van der Waals surface area contributed by atoms with Gasteiger partial charge in [0, 0.05) is 32.7 Å². The minimum atomic E-state index is -3.64. The van der Waals surface area contributed by atoms with Gasteiger partial charge in [0.05, 0.1) is 4.90 Å². The van der Waals surface area contributed by atoms with Crippen molar-refractivity contribution >= 4 is 10.0 Å². The Balaban J connectivity index is 1.60. The van der Waals surface area contributed by atoms with E-state index >= 15 is 0 Å². The van der Waals surface area contributed by atoms with Crippen LogP contribution in [0.4, 0.5) is 4.39 Å². The zero-order chi connectivity index (χ0) is 17.9. The fraction of sp³-hybridized carbons (Fsp3) is 0.368. The molecular weight excluding hydrogens is 339 g/mol. The molecule has 0 radical (unpaired) electrons. The van der Waals surface area contributed by atoms with Crippen LogP contribution in [0.1, 0.15) is 11.1 Å². The number of piperazine rings is 1. The Hall–Kier alpha value is -1.76. The van der Waals surface area contributed by atoms with Crippen LogP contribution in [0.25, 0.3) is 0 Å².